The van der Waals surface area contributed by atoms with Crippen LogP contribution in [-0.2, 0) is 11.2 Å². The molecular weight excluding hydrogens is 218 g/mol. The Morgan fingerprint density at radius 3 is 2.73 bits per heavy atom. The highest BCUT2D eigenvalue weighted by Crippen LogP contribution is 2.13. The number of carboxylic acids is 1. The fourth-order valence-corrected chi connectivity index (χ4v) is 1.80. The van der Waals surface area contributed by atoms with Gasteiger partial charge in [-0.25, -0.2) is 0 Å². The van der Waals surface area contributed by atoms with Gasteiger partial charge in [-0.05, 0) is 18.0 Å². The van der Waals surface area contributed by atoms with Crippen LogP contribution in [0.5, 0.6) is 0 Å². The molecule has 0 saturated heterocycles. The fourth-order valence-electron chi connectivity index (χ4n) is 1.05. The van der Waals surface area contributed by atoms with Crippen molar-refractivity contribution >= 4 is 23.4 Å². The molecule has 1 heterocycles. The molecule has 0 aliphatic heterocycles. The molecule has 6 nitrogen and oxygen atoms in total. The lowest BCUT2D eigenvalue weighted by atomic mass is 10.3. The van der Waals surface area contributed by atoms with Crippen molar-refractivity contribution < 1.29 is 14.7 Å². The van der Waals surface area contributed by atoms with Crippen LogP contribution in [0.1, 0.15) is 22.3 Å². The lowest BCUT2D eigenvalue weighted by molar-refractivity contribution is -0.137. The maximum Gasteiger partial charge on any atom is 0.323 e. The lowest BCUT2D eigenvalue weighted by Crippen LogP contribution is -2.31. The van der Waals surface area contributed by atoms with Crippen molar-refractivity contribution in [1.82, 2.24) is 14.5 Å². The number of carboxylic acid groups (broad SMARTS) is 1. The van der Waals surface area contributed by atoms with Crippen molar-refractivity contribution in [1.29, 1.82) is 0 Å². The summed E-state index contributed by atoms with van der Waals surface area (Å²) >= 11 is 0.992. The highest BCUT2D eigenvalue weighted by Gasteiger charge is 2.20. The average Bonchev–Trinajstić information content (AvgIpc) is 2.62. The number of amides is 1. The first kappa shape index (κ1) is 11.6. The highest BCUT2D eigenvalue weighted by atomic mass is 32.1. The Labute approximate surface area is 90.7 Å². The Morgan fingerprint density at radius 1 is 1.53 bits per heavy atom. The molecule has 1 amide bonds. The topological polar surface area (TPSA) is 83.4 Å². The Balaban J connectivity index is 2.80. The Morgan fingerprint density at radius 2 is 2.20 bits per heavy atom. The van der Waals surface area contributed by atoms with E-state index in [4.69, 9.17) is 5.11 Å². The molecule has 0 saturated carbocycles. The quantitative estimate of drug-likeness (QED) is 0.800. The molecule has 1 aromatic heterocycles. The van der Waals surface area contributed by atoms with Gasteiger partial charge in [0.15, 0.2) is 0 Å². The average molecular weight is 229 g/mol. The van der Waals surface area contributed by atoms with Gasteiger partial charge in [0, 0.05) is 7.05 Å². The van der Waals surface area contributed by atoms with Crippen LogP contribution in [0.2, 0.25) is 0 Å². The minimum Gasteiger partial charge on any atom is -0.480 e. The largest absolute Gasteiger partial charge is 0.480 e. The molecule has 0 atom stereocenters. The van der Waals surface area contributed by atoms with E-state index in [-0.39, 0.29) is 12.5 Å². The van der Waals surface area contributed by atoms with Gasteiger partial charge in [0.2, 0.25) is 0 Å². The second-order valence-electron chi connectivity index (χ2n) is 2.96. The van der Waals surface area contributed by atoms with Gasteiger partial charge in [-0.15, -0.1) is 5.10 Å². The summed E-state index contributed by atoms with van der Waals surface area (Å²) < 4.78 is 3.67. The van der Waals surface area contributed by atoms with Gasteiger partial charge in [-0.2, -0.15) is 0 Å². The second-order valence-corrected chi connectivity index (χ2v) is 3.71. The molecule has 7 heteroatoms. The van der Waals surface area contributed by atoms with Gasteiger partial charge < -0.3 is 10.0 Å². The Bertz CT molecular complexity index is 377. The maximum atomic E-state index is 11.7. The van der Waals surface area contributed by atoms with E-state index in [9.17, 15) is 9.59 Å². The minimum absolute atomic E-state index is 0.320. The van der Waals surface area contributed by atoms with Crippen molar-refractivity contribution in [3.63, 3.8) is 0 Å². The highest BCUT2D eigenvalue weighted by molar-refractivity contribution is 7.08. The minimum atomic E-state index is -1.04. The summed E-state index contributed by atoms with van der Waals surface area (Å²) in [6, 6.07) is 0. The van der Waals surface area contributed by atoms with Crippen molar-refractivity contribution in [2.75, 3.05) is 13.6 Å². The predicted molar refractivity (Wildman–Crippen MR) is 53.9 cm³/mol. The Hall–Kier alpha value is -1.50. The smallest absolute Gasteiger partial charge is 0.323 e. The first-order chi connectivity index (χ1) is 7.06. The van der Waals surface area contributed by atoms with Gasteiger partial charge in [-0.3, -0.25) is 9.59 Å². The molecule has 0 fully saturated rings. The zero-order valence-corrected chi connectivity index (χ0v) is 9.24. The molecule has 0 bridgehead atoms. The van der Waals surface area contributed by atoms with E-state index in [1.54, 1.807) is 0 Å². The summed E-state index contributed by atoms with van der Waals surface area (Å²) in [5.41, 5.74) is 0.613. The lowest BCUT2D eigenvalue weighted by Gasteiger charge is -2.12. The van der Waals surface area contributed by atoms with Crippen LogP contribution in [0.3, 0.4) is 0 Å². The van der Waals surface area contributed by atoms with Crippen LogP contribution >= 0.6 is 11.5 Å². The van der Waals surface area contributed by atoms with E-state index < -0.39 is 5.97 Å². The maximum absolute atomic E-state index is 11.7. The molecule has 1 rings (SSSR count). The third-order valence-corrected chi connectivity index (χ3v) is 2.56. The zero-order valence-electron chi connectivity index (χ0n) is 8.43. The second kappa shape index (κ2) is 4.83. The number of carbonyl (C=O) groups excluding carboxylic acids is 1. The van der Waals surface area contributed by atoms with Crippen molar-refractivity contribution in [2.45, 2.75) is 13.3 Å². The molecule has 0 aliphatic carbocycles. The molecule has 15 heavy (non-hydrogen) atoms. The van der Waals surface area contributed by atoms with Crippen LogP contribution in [0.4, 0.5) is 0 Å². The first-order valence-electron chi connectivity index (χ1n) is 4.34. The third kappa shape index (κ3) is 2.72. The van der Waals surface area contributed by atoms with Gasteiger partial charge >= 0.3 is 5.97 Å². The molecular formula is C8H11N3O3S. The molecule has 0 unspecified atom stereocenters. The van der Waals surface area contributed by atoms with Gasteiger partial charge in [0.05, 0.1) is 5.69 Å². The van der Waals surface area contributed by atoms with Crippen LogP contribution in [-0.4, -0.2) is 45.1 Å². The molecule has 1 N–H and O–H groups in total. The Kier molecular flexibility index (Phi) is 3.73. The molecule has 1 aromatic rings. The summed E-state index contributed by atoms with van der Waals surface area (Å²) in [5, 5.41) is 12.3. The zero-order chi connectivity index (χ0) is 11.4. The van der Waals surface area contributed by atoms with Crippen LogP contribution < -0.4 is 0 Å². The standard InChI is InChI=1S/C8H11N3O3S/c1-3-5-7(15-10-9-5)8(14)11(2)4-6(12)13/h3-4H2,1-2H3,(H,12,13). The summed E-state index contributed by atoms with van der Waals surface area (Å²) in [6.07, 6.45) is 0.610. The van der Waals surface area contributed by atoms with Gasteiger partial charge in [0.25, 0.3) is 5.91 Å². The summed E-state index contributed by atoms with van der Waals surface area (Å²) in [4.78, 5) is 23.7. The van der Waals surface area contributed by atoms with E-state index in [1.807, 2.05) is 6.92 Å². The number of hydrogen-bond acceptors (Lipinski definition) is 5. The van der Waals surface area contributed by atoms with Crippen molar-refractivity contribution in [3.8, 4) is 0 Å². The number of aliphatic carboxylic acids is 1. The van der Waals surface area contributed by atoms with E-state index in [0.717, 1.165) is 16.4 Å². The van der Waals surface area contributed by atoms with E-state index in [0.29, 0.717) is 17.0 Å². The van der Waals surface area contributed by atoms with Crippen molar-refractivity contribution in [3.05, 3.63) is 10.6 Å². The monoisotopic (exact) mass is 229 g/mol. The number of hydrogen-bond donors (Lipinski definition) is 1. The summed E-state index contributed by atoms with van der Waals surface area (Å²) in [6.45, 7) is 1.55. The normalized spacial score (nSPS) is 10.0. The fraction of sp³-hybridized carbons (Fsp3) is 0.500. The van der Waals surface area contributed by atoms with E-state index in [2.05, 4.69) is 9.59 Å². The number of likely N-dealkylation sites (N-methyl/N-ethyl adjacent to an activating group) is 1. The number of nitrogens with zero attached hydrogens (tertiary/aromatic N) is 3. The van der Waals surface area contributed by atoms with Crippen LogP contribution in [0.25, 0.3) is 0 Å². The van der Waals surface area contributed by atoms with E-state index >= 15 is 0 Å². The molecule has 0 aromatic carbocycles. The SMILES string of the molecule is CCc1nnsc1C(=O)N(C)CC(=O)O. The third-order valence-electron chi connectivity index (χ3n) is 1.80. The number of carbonyl (C=O) groups is 2. The number of aryl methyl sites for hydroxylation is 1. The molecule has 82 valence electrons. The molecule has 0 spiro atoms. The van der Waals surface area contributed by atoms with Gasteiger partial charge in [-0.1, -0.05) is 11.4 Å². The molecule has 0 aliphatic rings. The number of aromatic nitrogens is 2. The summed E-state index contributed by atoms with van der Waals surface area (Å²) in [7, 11) is 1.44. The van der Waals surface area contributed by atoms with Crippen LogP contribution in [0.15, 0.2) is 0 Å². The summed E-state index contributed by atoms with van der Waals surface area (Å²) in [5.74, 6) is -1.38. The van der Waals surface area contributed by atoms with Crippen molar-refractivity contribution in [2.24, 2.45) is 0 Å². The molecule has 0 radical (unpaired) electrons. The first-order valence-corrected chi connectivity index (χ1v) is 5.12. The predicted octanol–water partition coefficient (Wildman–Crippen LogP) is 0.257. The van der Waals surface area contributed by atoms with E-state index in [1.165, 1.54) is 7.05 Å². The van der Waals surface area contributed by atoms with Gasteiger partial charge in [0.1, 0.15) is 11.4 Å². The number of rotatable bonds is 4. The van der Waals surface area contributed by atoms with Crippen LogP contribution in [0, 0.1) is 0 Å².